The van der Waals surface area contributed by atoms with Gasteiger partial charge in [-0.15, -0.1) is 11.8 Å². The number of rotatable bonds is 4. The number of amides is 2. The van der Waals surface area contributed by atoms with Crippen LogP contribution in [0.25, 0.3) is 10.9 Å². The zero-order valence-corrected chi connectivity index (χ0v) is 15.8. The average Bonchev–Trinajstić information content (AvgIpc) is 3.11. The van der Waals surface area contributed by atoms with E-state index in [0.29, 0.717) is 23.7 Å². The number of nitrogens with zero attached hydrogens (tertiary/aromatic N) is 2. The first kappa shape index (κ1) is 18.0. The Labute approximate surface area is 155 Å². The van der Waals surface area contributed by atoms with Crippen molar-refractivity contribution < 1.29 is 9.59 Å². The molecular weight excluding hydrogens is 358 g/mol. The molecule has 1 atom stereocenters. The number of hydrogen-bond acceptors (Lipinski definition) is 3. The molecule has 0 spiro atoms. The summed E-state index contributed by atoms with van der Waals surface area (Å²) in [5.74, 6) is 0.107. The standard InChI is InChI=1S/C18H20ClN3O2S/c1-18(2)16(17(24)20-3)22(10-25-18)15(23)7-4-11-9-21-14-6-5-12(19)8-13(11)14/h5-6,8-9,16,21H,3-4,7,10H2,1-2H3/t16-/m1/s1. The van der Waals surface area contributed by atoms with E-state index in [1.165, 1.54) is 0 Å². The van der Waals surface area contributed by atoms with Gasteiger partial charge in [0.25, 0.3) is 5.91 Å². The third-order valence-electron chi connectivity index (χ3n) is 4.59. The van der Waals surface area contributed by atoms with Gasteiger partial charge in [-0.05, 0) is 50.7 Å². The van der Waals surface area contributed by atoms with Gasteiger partial charge in [0.2, 0.25) is 5.91 Å². The number of aromatic amines is 1. The van der Waals surface area contributed by atoms with Crippen molar-refractivity contribution in [2.45, 2.75) is 37.5 Å². The van der Waals surface area contributed by atoms with Gasteiger partial charge in [0, 0.05) is 33.3 Å². The van der Waals surface area contributed by atoms with Crippen LogP contribution in [0.4, 0.5) is 0 Å². The summed E-state index contributed by atoms with van der Waals surface area (Å²) in [4.78, 5) is 33.2. The molecule has 5 nitrogen and oxygen atoms in total. The van der Waals surface area contributed by atoms with Crippen molar-refractivity contribution in [3.8, 4) is 0 Å². The molecule has 3 rings (SSSR count). The quantitative estimate of drug-likeness (QED) is 0.827. The Balaban J connectivity index is 1.74. The molecule has 1 aliphatic rings. The van der Waals surface area contributed by atoms with Crippen LogP contribution in [0, 0.1) is 0 Å². The van der Waals surface area contributed by atoms with Gasteiger partial charge in [0.05, 0.1) is 5.88 Å². The van der Waals surface area contributed by atoms with Crippen molar-refractivity contribution >= 4 is 52.8 Å². The molecule has 2 amide bonds. The third-order valence-corrected chi connectivity index (χ3v) is 6.20. The van der Waals surface area contributed by atoms with Gasteiger partial charge in [-0.2, -0.15) is 0 Å². The first-order chi connectivity index (χ1) is 11.8. The van der Waals surface area contributed by atoms with Crippen molar-refractivity contribution in [3.63, 3.8) is 0 Å². The van der Waals surface area contributed by atoms with Gasteiger partial charge >= 0.3 is 0 Å². The van der Waals surface area contributed by atoms with Crippen molar-refractivity contribution in [2.24, 2.45) is 4.99 Å². The molecule has 0 bridgehead atoms. The summed E-state index contributed by atoms with van der Waals surface area (Å²) >= 11 is 7.66. The molecule has 1 N–H and O–H groups in total. The third kappa shape index (κ3) is 3.46. The SMILES string of the molecule is C=NC(=O)[C@H]1N(C(=O)CCc2c[nH]c3ccc(Cl)cc23)CSC1(C)C. The fraction of sp³-hybridized carbons (Fsp3) is 0.389. The van der Waals surface area contributed by atoms with E-state index in [0.717, 1.165) is 16.5 Å². The van der Waals surface area contributed by atoms with E-state index in [-0.39, 0.29) is 16.6 Å². The number of carbonyl (C=O) groups is 2. The normalized spacial score (nSPS) is 19.3. The lowest BCUT2D eigenvalue weighted by atomic mass is 10.0. The number of halogens is 1. The molecule has 1 aliphatic heterocycles. The van der Waals surface area contributed by atoms with E-state index in [9.17, 15) is 9.59 Å². The second-order valence-electron chi connectivity index (χ2n) is 6.64. The highest BCUT2D eigenvalue weighted by Gasteiger charge is 2.47. The summed E-state index contributed by atoms with van der Waals surface area (Å²) < 4.78 is -0.359. The first-order valence-corrected chi connectivity index (χ1v) is 9.39. The predicted octanol–water partition coefficient (Wildman–Crippen LogP) is 3.66. The maximum atomic E-state index is 12.7. The lowest BCUT2D eigenvalue weighted by Gasteiger charge is -2.28. The highest BCUT2D eigenvalue weighted by molar-refractivity contribution is 8.00. The number of aryl methyl sites for hydroxylation is 1. The van der Waals surface area contributed by atoms with Gasteiger partial charge in [-0.3, -0.25) is 9.59 Å². The van der Waals surface area contributed by atoms with E-state index >= 15 is 0 Å². The fourth-order valence-corrected chi connectivity index (χ4v) is 4.56. The molecule has 2 heterocycles. The smallest absolute Gasteiger partial charge is 0.269 e. The summed E-state index contributed by atoms with van der Waals surface area (Å²) in [5.41, 5.74) is 2.04. The Morgan fingerprint density at radius 3 is 2.96 bits per heavy atom. The molecule has 1 aromatic heterocycles. The molecule has 1 aromatic carbocycles. The average molecular weight is 378 g/mol. The van der Waals surface area contributed by atoms with Crippen LogP contribution in [0.1, 0.15) is 25.8 Å². The minimum atomic E-state index is -0.556. The number of aliphatic imine (C=N–C) groups is 1. The minimum absolute atomic E-state index is 0.0450. The summed E-state index contributed by atoms with van der Waals surface area (Å²) in [6.07, 6.45) is 2.82. The highest BCUT2D eigenvalue weighted by Crippen LogP contribution is 2.40. The molecule has 0 saturated carbocycles. The zero-order valence-electron chi connectivity index (χ0n) is 14.2. The van der Waals surface area contributed by atoms with Gasteiger partial charge in [0.15, 0.2) is 0 Å². The van der Waals surface area contributed by atoms with Crippen LogP contribution in [0.15, 0.2) is 29.4 Å². The number of nitrogens with one attached hydrogen (secondary N) is 1. The molecule has 2 aromatic rings. The van der Waals surface area contributed by atoms with Crippen LogP contribution in [-0.2, 0) is 16.0 Å². The van der Waals surface area contributed by atoms with Crippen LogP contribution in [0.3, 0.4) is 0 Å². The van der Waals surface area contributed by atoms with Crippen molar-refractivity contribution in [1.29, 1.82) is 0 Å². The van der Waals surface area contributed by atoms with E-state index in [1.807, 2.05) is 38.2 Å². The van der Waals surface area contributed by atoms with Gasteiger partial charge in [0.1, 0.15) is 6.04 Å². The largest absolute Gasteiger partial charge is 0.361 e. The Bertz CT molecular complexity index is 846. The molecule has 0 aliphatic carbocycles. The second-order valence-corrected chi connectivity index (χ2v) is 8.68. The topological polar surface area (TPSA) is 65.5 Å². The van der Waals surface area contributed by atoms with Gasteiger partial charge in [-0.25, -0.2) is 4.99 Å². The number of H-pyrrole nitrogens is 1. The minimum Gasteiger partial charge on any atom is -0.361 e. The fourth-order valence-electron chi connectivity index (χ4n) is 3.24. The van der Waals surface area contributed by atoms with E-state index < -0.39 is 6.04 Å². The molecular formula is C18H20ClN3O2S. The Morgan fingerprint density at radius 1 is 1.48 bits per heavy atom. The molecule has 1 fully saturated rings. The monoisotopic (exact) mass is 377 g/mol. The van der Waals surface area contributed by atoms with Gasteiger partial charge < -0.3 is 9.88 Å². The van der Waals surface area contributed by atoms with E-state index in [2.05, 4.69) is 16.7 Å². The number of carbonyl (C=O) groups excluding carboxylic acids is 2. The number of hydrogen-bond donors (Lipinski definition) is 1. The van der Waals surface area contributed by atoms with E-state index in [4.69, 9.17) is 11.6 Å². The second kappa shape index (κ2) is 6.84. The Morgan fingerprint density at radius 2 is 2.24 bits per heavy atom. The number of thioether (sulfide) groups is 1. The maximum absolute atomic E-state index is 12.7. The predicted molar refractivity (Wildman–Crippen MR) is 103 cm³/mol. The van der Waals surface area contributed by atoms with Gasteiger partial charge in [-0.1, -0.05) is 11.6 Å². The van der Waals surface area contributed by atoms with Crippen LogP contribution in [-0.4, -0.2) is 45.1 Å². The molecule has 0 unspecified atom stereocenters. The lowest BCUT2D eigenvalue weighted by Crippen LogP contribution is -2.48. The highest BCUT2D eigenvalue weighted by atomic mass is 35.5. The summed E-state index contributed by atoms with van der Waals surface area (Å²) in [5, 5.41) is 1.69. The molecule has 132 valence electrons. The van der Waals surface area contributed by atoms with Crippen LogP contribution in [0.2, 0.25) is 5.02 Å². The van der Waals surface area contributed by atoms with Crippen LogP contribution in [0.5, 0.6) is 0 Å². The first-order valence-electron chi connectivity index (χ1n) is 8.03. The zero-order chi connectivity index (χ0) is 18.2. The molecule has 25 heavy (non-hydrogen) atoms. The Hall–Kier alpha value is -1.79. The maximum Gasteiger partial charge on any atom is 0.269 e. The molecule has 0 radical (unpaired) electrons. The summed E-state index contributed by atoms with van der Waals surface area (Å²) in [6.45, 7) is 7.25. The molecule has 1 saturated heterocycles. The number of fused-ring (bicyclic) bond motifs is 1. The van der Waals surface area contributed by atoms with Crippen LogP contribution < -0.4 is 0 Å². The van der Waals surface area contributed by atoms with Crippen molar-refractivity contribution in [2.75, 3.05) is 5.88 Å². The van der Waals surface area contributed by atoms with Crippen molar-refractivity contribution in [1.82, 2.24) is 9.88 Å². The molecule has 7 heteroatoms. The summed E-state index contributed by atoms with van der Waals surface area (Å²) in [7, 11) is 0. The van der Waals surface area contributed by atoms with Crippen molar-refractivity contribution in [3.05, 3.63) is 35.0 Å². The summed E-state index contributed by atoms with van der Waals surface area (Å²) in [6, 6.07) is 5.10. The van der Waals surface area contributed by atoms with E-state index in [1.54, 1.807) is 16.7 Å². The lowest BCUT2D eigenvalue weighted by molar-refractivity contribution is -0.138. The Kier molecular flexibility index (Phi) is 4.93. The number of aromatic nitrogens is 1. The van der Waals surface area contributed by atoms with Crippen LogP contribution >= 0.6 is 23.4 Å². The number of benzene rings is 1.